The zero-order valence-electron chi connectivity index (χ0n) is 15.2. The van der Waals surface area contributed by atoms with Gasteiger partial charge in [0.15, 0.2) is 0 Å². The van der Waals surface area contributed by atoms with Crippen molar-refractivity contribution in [2.75, 3.05) is 38.6 Å². The number of hydrogen-bond donors (Lipinski definition) is 1. The topological polar surface area (TPSA) is 75.0 Å². The molecule has 2 heterocycles. The number of hydrogen-bond acceptors (Lipinski definition) is 4. The minimum Gasteiger partial charge on any atom is -0.495 e. The van der Waals surface area contributed by atoms with Gasteiger partial charge in [-0.2, -0.15) is 0 Å². The lowest BCUT2D eigenvalue weighted by Crippen LogP contribution is -2.51. The van der Waals surface area contributed by atoms with Crippen LogP contribution in [0.3, 0.4) is 0 Å². The molecule has 7 heteroatoms. The number of urea groups is 1. The summed E-state index contributed by atoms with van der Waals surface area (Å²) in [5.74, 6) is 1.91. The van der Waals surface area contributed by atoms with E-state index in [1.54, 1.807) is 42.0 Å². The van der Waals surface area contributed by atoms with Crippen LogP contribution < -0.4 is 10.1 Å². The monoisotopic (exact) mass is 357 g/mol. The molecule has 1 aromatic carbocycles. The number of amides is 3. The van der Waals surface area contributed by atoms with Crippen molar-refractivity contribution in [2.24, 2.45) is 0 Å². The number of carbonyl (C=O) groups excluding carboxylic acids is 2. The molecule has 1 N–H and O–H groups in total. The molecule has 1 aliphatic rings. The Bertz CT molecular complexity index is 807. The highest BCUT2D eigenvalue weighted by Crippen LogP contribution is 2.23. The fourth-order valence-corrected chi connectivity index (χ4v) is 3.07. The van der Waals surface area contributed by atoms with Gasteiger partial charge >= 0.3 is 6.03 Å². The van der Waals surface area contributed by atoms with E-state index in [0.29, 0.717) is 48.9 Å². The predicted molar refractivity (Wildman–Crippen MR) is 97.7 cm³/mol. The average Bonchev–Trinajstić information content (AvgIpc) is 2.99. The number of nitrogens with zero attached hydrogens (tertiary/aromatic N) is 2. The normalized spacial score (nSPS) is 14.3. The third-order valence-corrected chi connectivity index (χ3v) is 4.47. The molecule has 0 unspecified atom stereocenters. The van der Waals surface area contributed by atoms with E-state index in [2.05, 4.69) is 5.32 Å². The molecule has 7 nitrogen and oxygen atoms in total. The van der Waals surface area contributed by atoms with E-state index in [4.69, 9.17) is 9.15 Å². The van der Waals surface area contributed by atoms with Crippen molar-refractivity contribution in [1.29, 1.82) is 0 Å². The molecule has 2 aromatic rings. The Hall–Kier alpha value is -2.96. The number of rotatable bonds is 3. The number of anilines is 1. The Kier molecular flexibility index (Phi) is 5.16. The summed E-state index contributed by atoms with van der Waals surface area (Å²) in [5, 5.41) is 2.86. The fraction of sp³-hybridized carbons (Fsp3) is 0.368. The number of carbonyl (C=O) groups is 2. The summed E-state index contributed by atoms with van der Waals surface area (Å²) in [6, 6.07) is 8.83. The van der Waals surface area contributed by atoms with E-state index in [1.807, 2.05) is 19.1 Å². The minimum atomic E-state index is -0.197. The van der Waals surface area contributed by atoms with Crippen molar-refractivity contribution in [1.82, 2.24) is 9.80 Å². The second-order valence-electron chi connectivity index (χ2n) is 6.24. The Labute approximate surface area is 152 Å². The zero-order chi connectivity index (χ0) is 18.7. The first kappa shape index (κ1) is 17.8. The van der Waals surface area contributed by atoms with Crippen molar-refractivity contribution in [3.63, 3.8) is 0 Å². The number of methoxy groups -OCH3 is 1. The molecule has 26 heavy (non-hydrogen) atoms. The third kappa shape index (κ3) is 3.66. The van der Waals surface area contributed by atoms with Crippen LogP contribution in [0.15, 0.2) is 34.7 Å². The van der Waals surface area contributed by atoms with Crippen LogP contribution in [0.25, 0.3) is 0 Å². The summed E-state index contributed by atoms with van der Waals surface area (Å²) >= 11 is 0. The van der Waals surface area contributed by atoms with Gasteiger partial charge in [-0.3, -0.25) is 4.79 Å². The lowest BCUT2D eigenvalue weighted by atomic mass is 10.2. The number of aryl methyl sites for hydroxylation is 2. The Morgan fingerprint density at radius 3 is 2.35 bits per heavy atom. The van der Waals surface area contributed by atoms with Crippen LogP contribution in [0.5, 0.6) is 5.75 Å². The predicted octanol–water partition coefficient (Wildman–Crippen LogP) is 2.89. The first-order valence-electron chi connectivity index (χ1n) is 8.55. The first-order valence-corrected chi connectivity index (χ1v) is 8.55. The Morgan fingerprint density at radius 1 is 1.08 bits per heavy atom. The van der Waals surface area contributed by atoms with E-state index >= 15 is 0 Å². The standard InChI is InChI=1S/C19H23N3O4/c1-13-12-15(14(2)26-13)18(23)21-8-10-22(11-9-21)19(24)20-16-6-4-5-7-17(16)25-3/h4-7,12H,8-11H2,1-3H3,(H,20,24). The van der Waals surface area contributed by atoms with Gasteiger partial charge in [-0.15, -0.1) is 0 Å². The molecule has 3 amide bonds. The second-order valence-corrected chi connectivity index (χ2v) is 6.24. The van der Waals surface area contributed by atoms with Crippen LogP contribution in [-0.2, 0) is 0 Å². The van der Waals surface area contributed by atoms with Crippen LogP contribution in [0, 0.1) is 13.8 Å². The number of furan rings is 1. The van der Waals surface area contributed by atoms with Crippen LogP contribution in [0.4, 0.5) is 10.5 Å². The van der Waals surface area contributed by atoms with Gasteiger partial charge in [0.1, 0.15) is 17.3 Å². The molecule has 0 spiro atoms. The van der Waals surface area contributed by atoms with E-state index in [9.17, 15) is 9.59 Å². The van der Waals surface area contributed by atoms with Gasteiger partial charge in [0, 0.05) is 26.2 Å². The molecule has 1 aliphatic heterocycles. The molecule has 0 atom stereocenters. The van der Waals surface area contributed by atoms with Crippen LogP contribution in [0.2, 0.25) is 0 Å². The fourth-order valence-electron chi connectivity index (χ4n) is 3.07. The molecule has 1 aromatic heterocycles. The van der Waals surface area contributed by atoms with Crippen molar-refractivity contribution in [2.45, 2.75) is 13.8 Å². The van der Waals surface area contributed by atoms with Crippen LogP contribution >= 0.6 is 0 Å². The molecule has 0 bridgehead atoms. The van der Waals surface area contributed by atoms with Gasteiger partial charge in [-0.05, 0) is 32.0 Å². The number of para-hydroxylation sites is 2. The van der Waals surface area contributed by atoms with E-state index in [-0.39, 0.29) is 11.9 Å². The van der Waals surface area contributed by atoms with E-state index < -0.39 is 0 Å². The highest BCUT2D eigenvalue weighted by atomic mass is 16.5. The molecule has 0 radical (unpaired) electrons. The summed E-state index contributed by atoms with van der Waals surface area (Å²) in [5.41, 5.74) is 1.22. The minimum absolute atomic E-state index is 0.0517. The molecule has 1 saturated heterocycles. The lowest BCUT2D eigenvalue weighted by molar-refractivity contribution is 0.0670. The summed E-state index contributed by atoms with van der Waals surface area (Å²) in [4.78, 5) is 28.5. The van der Waals surface area contributed by atoms with Gasteiger partial charge in [-0.25, -0.2) is 4.79 Å². The van der Waals surface area contributed by atoms with Gasteiger partial charge in [0.2, 0.25) is 0 Å². The molecule has 3 rings (SSSR count). The van der Waals surface area contributed by atoms with Crippen LogP contribution in [-0.4, -0.2) is 55.0 Å². The van der Waals surface area contributed by atoms with Crippen molar-refractivity contribution in [3.8, 4) is 5.75 Å². The third-order valence-electron chi connectivity index (χ3n) is 4.47. The molecule has 0 saturated carbocycles. The zero-order valence-corrected chi connectivity index (χ0v) is 15.2. The first-order chi connectivity index (χ1) is 12.5. The van der Waals surface area contributed by atoms with Gasteiger partial charge in [-0.1, -0.05) is 12.1 Å². The van der Waals surface area contributed by atoms with Crippen molar-refractivity contribution in [3.05, 3.63) is 47.4 Å². The molecule has 138 valence electrons. The number of nitrogens with one attached hydrogen (secondary N) is 1. The summed E-state index contributed by atoms with van der Waals surface area (Å²) in [7, 11) is 1.56. The lowest BCUT2D eigenvalue weighted by Gasteiger charge is -2.34. The van der Waals surface area contributed by atoms with Gasteiger partial charge < -0.3 is 24.3 Å². The summed E-state index contributed by atoms with van der Waals surface area (Å²) in [6.07, 6.45) is 0. The largest absolute Gasteiger partial charge is 0.495 e. The number of piperazine rings is 1. The van der Waals surface area contributed by atoms with Gasteiger partial charge in [0.05, 0.1) is 18.4 Å². The Balaban J connectivity index is 1.59. The summed E-state index contributed by atoms with van der Waals surface area (Å²) in [6.45, 7) is 5.54. The molecular weight excluding hydrogens is 334 g/mol. The van der Waals surface area contributed by atoms with Crippen molar-refractivity contribution >= 4 is 17.6 Å². The SMILES string of the molecule is COc1ccccc1NC(=O)N1CCN(C(=O)c2cc(C)oc2C)CC1. The number of ether oxygens (including phenoxy) is 1. The molecular formula is C19H23N3O4. The molecule has 0 aliphatic carbocycles. The van der Waals surface area contributed by atoms with Crippen molar-refractivity contribution < 1.29 is 18.7 Å². The maximum Gasteiger partial charge on any atom is 0.322 e. The van der Waals surface area contributed by atoms with Crippen LogP contribution in [0.1, 0.15) is 21.9 Å². The maximum atomic E-state index is 12.6. The average molecular weight is 357 g/mol. The smallest absolute Gasteiger partial charge is 0.322 e. The quantitative estimate of drug-likeness (QED) is 0.916. The van der Waals surface area contributed by atoms with E-state index in [1.165, 1.54) is 0 Å². The summed E-state index contributed by atoms with van der Waals surface area (Å²) < 4.78 is 10.7. The highest BCUT2D eigenvalue weighted by molar-refractivity contribution is 5.96. The number of benzene rings is 1. The maximum absolute atomic E-state index is 12.6. The highest BCUT2D eigenvalue weighted by Gasteiger charge is 2.27. The molecule has 1 fully saturated rings. The van der Waals surface area contributed by atoms with Gasteiger partial charge in [0.25, 0.3) is 5.91 Å². The second kappa shape index (κ2) is 7.51. The van der Waals surface area contributed by atoms with E-state index in [0.717, 1.165) is 5.76 Å². The Morgan fingerprint density at radius 2 is 1.73 bits per heavy atom.